The van der Waals surface area contributed by atoms with Crippen LogP contribution in [0.1, 0.15) is 187 Å². The molecule has 0 amide bonds. The quantitative estimate of drug-likeness (QED) is 0.0281. The van der Waals surface area contributed by atoms with Crippen molar-refractivity contribution in [2.75, 3.05) is 41.0 Å². The number of unbranched alkanes of at least 4 members (excludes halogenated alkanes) is 12. The van der Waals surface area contributed by atoms with E-state index in [1.807, 2.05) is 21.1 Å². The maximum atomic E-state index is 12.8. The van der Waals surface area contributed by atoms with Crippen LogP contribution in [-0.2, 0) is 28.6 Å². The van der Waals surface area contributed by atoms with Gasteiger partial charge in [0.1, 0.15) is 6.61 Å². The molecule has 0 rings (SSSR count). The Morgan fingerprint density at radius 1 is 0.441 bits per heavy atom. The highest BCUT2D eigenvalue weighted by Gasteiger charge is 2.31. The number of esters is 2. The minimum atomic E-state index is -0.886. The Kier molecular flexibility index (Phi) is 46.1. The van der Waals surface area contributed by atoms with Crippen LogP contribution in [0, 0.1) is 0 Å². The van der Waals surface area contributed by atoms with Crippen molar-refractivity contribution in [3.05, 3.63) is 122 Å². The number of carboxylic acids is 1. The normalized spacial score (nSPS) is 13.8. The molecule has 0 radical (unpaired) electrons. The largest absolute Gasteiger partial charge is 0.477 e. The lowest BCUT2D eigenvalue weighted by molar-refractivity contribution is -0.887. The Bertz CT molecular complexity index is 1520. The van der Waals surface area contributed by atoms with Gasteiger partial charge in [-0.25, -0.2) is 4.79 Å². The molecule has 2 atom stereocenters. The van der Waals surface area contributed by atoms with Gasteiger partial charge < -0.3 is 23.8 Å². The molecule has 0 spiro atoms. The lowest BCUT2D eigenvalue weighted by atomic mass is 10.0. The Labute approximate surface area is 416 Å². The maximum Gasteiger partial charge on any atom is 0.362 e. The molecular weight excluding hydrogens is 847 g/mol. The molecular formula is C60H98NO7+. The minimum Gasteiger partial charge on any atom is -0.477 e. The first-order valence-corrected chi connectivity index (χ1v) is 26.6. The van der Waals surface area contributed by atoms with Crippen molar-refractivity contribution in [1.82, 2.24) is 0 Å². The summed E-state index contributed by atoms with van der Waals surface area (Å²) in [5.74, 6) is -1.54. The molecule has 0 aromatic rings. The molecule has 0 aliphatic heterocycles. The van der Waals surface area contributed by atoms with Crippen molar-refractivity contribution in [1.29, 1.82) is 0 Å². The number of likely N-dealkylation sites (N-methyl/N-ethyl adjacent to an activating group) is 1. The number of quaternary nitrogens is 1. The lowest BCUT2D eigenvalue weighted by Crippen LogP contribution is -2.50. The van der Waals surface area contributed by atoms with E-state index in [2.05, 4.69) is 135 Å². The summed E-state index contributed by atoms with van der Waals surface area (Å²) in [5, 5.41) is 9.67. The van der Waals surface area contributed by atoms with Gasteiger partial charge in [-0.15, -0.1) is 0 Å². The zero-order valence-corrected chi connectivity index (χ0v) is 43.8. The van der Waals surface area contributed by atoms with Gasteiger partial charge in [-0.2, -0.15) is 0 Å². The number of nitrogens with zero attached hydrogens (tertiary/aromatic N) is 1. The number of hydrogen-bond acceptors (Lipinski definition) is 6. The highest BCUT2D eigenvalue weighted by Crippen LogP contribution is 2.14. The van der Waals surface area contributed by atoms with Crippen LogP contribution >= 0.6 is 0 Å². The van der Waals surface area contributed by atoms with Crippen molar-refractivity contribution in [3.63, 3.8) is 0 Å². The summed E-state index contributed by atoms with van der Waals surface area (Å²) >= 11 is 0. The molecule has 0 fully saturated rings. The molecule has 2 unspecified atom stereocenters. The van der Waals surface area contributed by atoms with E-state index in [-0.39, 0.29) is 36.2 Å². The smallest absolute Gasteiger partial charge is 0.362 e. The number of ether oxygens (including phenoxy) is 3. The Morgan fingerprint density at radius 3 is 1.18 bits per heavy atom. The van der Waals surface area contributed by atoms with Gasteiger partial charge in [0.15, 0.2) is 12.1 Å². The fourth-order valence-electron chi connectivity index (χ4n) is 7.09. The first-order valence-electron chi connectivity index (χ1n) is 26.6. The predicted molar refractivity (Wildman–Crippen MR) is 289 cm³/mol. The summed E-state index contributed by atoms with van der Waals surface area (Å²) in [6.07, 6.45) is 69.7. The summed E-state index contributed by atoms with van der Waals surface area (Å²) in [6, 6.07) is -0.631. The van der Waals surface area contributed by atoms with Crippen LogP contribution in [0.25, 0.3) is 0 Å². The Balaban J connectivity index is 4.33. The number of rotatable bonds is 46. The molecule has 384 valence electrons. The third-order valence-corrected chi connectivity index (χ3v) is 11.1. The van der Waals surface area contributed by atoms with E-state index >= 15 is 0 Å². The third kappa shape index (κ3) is 46.8. The summed E-state index contributed by atoms with van der Waals surface area (Å²) < 4.78 is 17.3. The second-order valence-corrected chi connectivity index (χ2v) is 18.4. The van der Waals surface area contributed by atoms with E-state index in [0.717, 1.165) is 103 Å². The van der Waals surface area contributed by atoms with E-state index in [9.17, 15) is 19.5 Å². The summed E-state index contributed by atoms with van der Waals surface area (Å²) in [7, 11) is 5.51. The molecule has 8 heteroatoms. The highest BCUT2D eigenvalue weighted by molar-refractivity contribution is 5.72. The van der Waals surface area contributed by atoms with Gasteiger partial charge in [0, 0.05) is 19.3 Å². The topological polar surface area (TPSA) is 99.1 Å². The van der Waals surface area contributed by atoms with Crippen molar-refractivity contribution in [2.45, 2.75) is 199 Å². The average Bonchev–Trinajstić information content (AvgIpc) is 3.30. The number of hydrogen-bond donors (Lipinski definition) is 1. The second-order valence-electron chi connectivity index (χ2n) is 18.4. The van der Waals surface area contributed by atoms with Gasteiger partial charge in [-0.3, -0.25) is 9.59 Å². The van der Waals surface area contributed by atoms with Crippen LogP contribution in [0.3, 0.4) is 0 Å². The molecule has 0 heterocycles. The molecule has 0 aliphatic carbocycles. The van der Waals surface area contributed by atoms with Crippen molar-refractivity contribution in [2.24, 2.45) is 0 Å². The van der Waals surface area contributed by atoms with Crippen LogP contribution in [0.4, 0.5) is 0 Å². The fraction of sp³-hybridized carbons (Fsp3) is 0.617. The van der Waals surface area contributed by atoms with Crippen molar-refractivity contribution in [3.8, 4) is 0 Å². The van der Waals surface area contributed by atoms with E-state index in [1.54, 1.807) is 0 Å². The molecule has 0 aliphatic rings. The number of carbonyl (C=O) groups is 3. The highest BCUT2D eigenvalue weighted by atomic mass is 16.6. The van der Waals surface area contributed by atoms with E-state index in [0.29, 0.717) is 25.7 Å². The van der Waals surface area contributed by atoms with Crippen LogP contribution in [-0.4, -0.2) is 80.6 Å². The van der Waals surface area contributed by atoms with Gasteiger partial charge in [-0.05, 0) is 103 Å². The summed E-state index contributed by atoms with van der Waals surface area (Å²) in [6.45, 7) is 4.45. The van der Waals surface area contributed by atoms with Gasteiger partial charge in [0.2, 0.25) is 0 Å². The maximum absolute atomic E-state index is 12.8. The SMILES string of the molecule is CC/C=C/C/C=C/C/C=C/C/C=C/C/C=C/C/C=C/CCCCC(=O)OCC(COCCC(C(=O)O)[N+](C)(C)C)OC(=O)CCCCCCCCCCCC/C=C/C/C=C/C/C=C/C/C=C/CC. The molecule has 0 aromatic carbocycles. The fourth-order valence-corrected chi connectivity index (χ4v) is 7.09. The third-order valence-electron chi connectivity index (χ3n) is 11.1. The monoisotopic (exact) mass is 945 g/mol. The number of aliphatic carboxylic acids is 1. The van der Waals surface area contributed by atoms with Crippen molar-refractivity contribution < 1.29 is 38.2 Å². The number of carbonyl (C=O) groups excluding carboxylic acids is 2. The van der Waals surface area contributed by atoms with Gasteiger partial charge in [0.25, 0.3) is 0 Å². The number of allylic oxidation sites excluding steroid dienone is 20. The Hall–Kier alpha value is -4.27. The Morgan fingerprint density at radius 2 is 0.779 bits per heavy atom. The average molecular weight is 945 g/mol. The van der Waals surface area contributed by atoms with E-state index in [4.69, 9.17) is 14.2 Å². The number of carboxylic acid groups (broad SMARTS) is 1. The zero-order chi connectivity index (χ0) is 49.9. The molecule has 68 heavy (non-hydrogen) atoms. The summed E-state index contributed by atoms with van der Waals surface area (Å²) in [5.41, 5.74) is 0. The molecule has 0 aromatic heterocycles. The van der Waals surface area contributed by atoms with Crippen LogP contribution in [0.2, 0.25) is 0 Å². The van der Waals surface area contributed by atoms with Crippen molar-refractivity contribution >= 4 is 17.9 Å². The van der Waals surface area contributed by atoms with Crippen LogP contribution < -0.4 is 0 Å². The van der Waals surface area contributed by atoms with Gasteiger partial charge >= 0.3 is 17.9 Å². The minimum absolute atomic E-state index is 0.0373. The standard InChI is InChI=1S/C60H97NO7/c1-6-8-10-12-14-16-18-20-22-24-26-28-29-31-33-35-37-39-41-43-45-47-49-51-59(63)68-56(54-66-53-52-57(60(64)65)61(3,4)5)55-67-58(62)50-48-46-44-42-40-38-36-34-32-30-27-25-23-21-19-17-15-13-11-9-7-2/h8-11,14-17,20-23,26-28,30,34,36,40,42,56-57H,6-7,12-13,18-19,24-25,29,31-33,35,37-39,41,43-55H2,1-5H3/p+1/b10-8+,11-9+,16-14+,17-15+,22-20+,23-21+,28-26+,30-27+,36-34+,42-40+. The van der Waals surface area contributed by atoms with Crippen LogP contribution in [0.5, 0.6) is 0 Å². The van der Waals surface area contributed by atoms with E-state index in [1.165, 1.54) is 44.9 Å². The summed E-state index contributed by atoms with van der Waals surface area (Å²) in [4.78, 5) is 37.2. The van der Waals surface area contributed by atoms with E-state index < -0.39 is 18.1 Å². The molecule has 0 saturated heterocycles. The second kappa shape index (κ2) is 49.2. The van der Waals surface area contributed by atoms with Crippen LogP contribution in [0.15, 0.2) is 122 Å². The molecule has 1 N–H and O–H groups in total. The molecule has 0 bridgehead atoms. The van der Waals surface area contributed by atoms with Gasteiger partial charge in [0.05, 0.1) is 34.4 Å². The molecule has 0 saturated carbocycles. The molecule has 8 nitrogen and oxygen atoms in total. The first kappa shape index (κ1) is 63.7. The van der Waals surface area contributed by atoms with Gasteiger partial charge in [-0.1, -0.05) is 187 Å². The predicted octanol–water partition coefficient (Wildman–Crippen LogP) is 15.8. The first-order chi connectivity index (χ1) is 33.1. The zero-order valence-electron chi connectivity index (χ0n) is 43.8. The lowest BCUT2D eigenvalue weighted by Gasteiger charge is -2.31.